The molecule has 0 aliphatic carbocycles. The lowest BCUT2D eigenvalue weighted by Crippen LogP contribution is -2.29. The van der Waals surface area contributed by atoms with E-state index in [2.05, 4.69) is 14.8 Å². The Labute approximate surface area is 86.4 Å². The van der Waals surface area contributed by atoms with Crippen LogP contribution in [0.3, 0.4) is 0 Å². The topological polar surface area (TPSA) is 67.8 Å². The maximum Gasteiger partial charge on any atom is 0.376 e. The van der Waals surface area contributed by atoms with Crippen molar-refractivity contribution in [1.29, 1.82) is 0 Å². The van der Waals surface area contributed by atoms with Gasteiger partial charge >= 0.3 is 12.1 Å². The third-order valence-corrected chi connectivity index (χ3v) is 1.31. The van der Waals surface area contributed by atoms with Crippen molar-refractivity contribution >= 4 is 5.97 Å². The second-order valence-corrected chi connectivity index (χ2v) is 2.73. The zero-order valence-corrected chi connectivity index (χ0v) is 8.46. The highest BCUT2D eigenvalue weighted by atomic mass is 19.3. The van der Waals surface area contributed by atoms with Crippen LogP contribution >= 0.6 is 0 Å². The van der Waals surface area contributed by atoms with E-state index in [4.69, 9.17) is 5.11 Å². The molecule has 0 atom stereocenters. The van der Waals surface area contributed by atoms with Crippen LogP contribution in [0.4, 0.5) is 8.78 Å². The van der Waals surface area contributed by atoms with E-state index in [9.17, 15) is 13.6 Å². The maximum absolute atomic E-state index is 11.8. The van der Waals surface area contributed by atoms with Gasteiger partial charge in [0.2, 0.25) is 0 Å². The number of carbonyl (C=O) groups excluding carboxylic acids is 1. The van der Waals surface area contributed by atoms with Crippen LogP contribution in [0.15, 0.2) is 0 Å². The molecule has 0 bridgehead atoms. The van der Waals surface area contributed by atoms with Gasteiger partial charge in [-0.05, 0) is 0 Å². The van der Waals surface area contributed by atoms with E-state index in [-0.39, 0.29) is 19.3 Å². The first-order valence-corrected chi connectivity index (χ1v) is 4.50. The molecule has 0 amide bonds. The van der Waals surface area contributed by atoms with Gasteiger partial charge in [0.1, 0.15) is 13.2 Å². The molecule has 0 aliphatic rings. The molecule has 5 nitrogen and oxygen atoms in total. The van der Waals surface area contributed by atoms with Crippen LogP contribution in [0.2, 0.25) is 0 Å². The molecule has 7 heteroatoms. The average Bonchev–Trinajstić information content (AvgIpc) is 2.14. The van der Waals surface area contributed by atoms with Crippen molar-refractivity contribution < 1.29 is 28.2 Å². The summed E-state index contributed by atoms with van der Waals surface area (Å²) in [5.74, 6) is -0.320. The molecule has 0 spiro atoms. The Morgan fingerprint density at radius 3 is 2.73 bits per heavy atom. The quantitative estimate of drug-likeness (QED) is 0.349. The van der Waals surface area contributed by atoms with E-state index in [1.807, 2.05) is 0 Å². The highest BCUT2D eigenvalue weighted by Crippen LogP contribution is 2.06. The number of hydrogen-bond acceptors (Lipinski definition) is 5. The second kappa shape index (κ2) is 7.49. The van der Waals surface area contributed by atoms with Crippen LogP contribution in [-0.4, -0.2) is 43.7 Å². The van der Waals surface area contributed by atoms with Crippen molar-refractivity contribution in [2.45, 2.75) is 19.5 Å². The maximum atomic E-state index is 11.8. The zero-order valence-electron chi connectivity index (χ0n) is 8.46. The fourth-order valence-corrected chi connectivity index (χ4v) is 0.657. The highest BCUT2D eigenvalue weighted by Gasteiger charge is 2.23. The number of halogens is 2. The minimum atomic E-state index is -3.81. The van der Waals surface area contributed by atoms with E-state index in [0.29, 0.717) is 13.0 Å². The summed E-state index contributed by atoms with van der Waals surface area (Å²) in [6.45, 7) is 0.936. The SMILES string of the molecule is CCC(=O)OCCNCOCC(O)(F)F. The minimum absolute atomic E-state index is 0.139. The Hall–Kier alpha value is -0.790. The molecule has 0 rings (SSSR count). The molecule has 2 N–H and O–H groups in total. The summed E-state index contributed by atoms with van der Waals surface area (Å²) in [5, 5.41) is 10.6. The highest BCUT2D eigenvalue weighted by molar-refractivity contribution is 5.68. The number of hydrogen-bond donors (Lipinski definition) is 2. The van der Waals surface area contributed by atoms with E-state index < -0.39 is 12.7 Å². The number of ether oxygens (including phenoxy) is 2. The van der Waals surface area contributed by atoms with Gasteiger partial charge in [0, 0.05) is 13.0 Å². The normalized spacial score (nSPS) is 11.5. The van der Waals surface area contributed by atoms with E-state index in [0.717, 1.165) is 0 Å². The first kappa shape index (κ1) is 14.2. The fourth-order valence-electron chi connectivity index (χ4n) is 0.657. The van der Waals surface area contributed by atoms with E-state index >= 15 is 0 Å². The van der Waals surface area contributed by atoms with Crippen LogP contribution in [0.25, 0.3) is 0 Å². The summed E-state index contributed by atoms with van der Waals surface area (Å²) in [6.07, 6.45) is -3.51. The third kappa shape index (κ3) is 11.1. The van der Waals surface area contributed by atoms with Crippen LogP contribution < -0.4 is 5.32 Å². The Bertz CT molecular complexity index is 184. The zero-order chi connectivity index (χ0) is 11.7. The number of alkyl halides is 2. The first-order valence-electron chi connectivity index (χ1n) is 4.50. The number of carbonyl (C=O) groups is 1. The minimum Gasteiger partial charge on any atom is -0.464 e. The van der Waals surface area contributed by atoms with Gasteiger partial charge in [0.25, 0.3) is 0 Å². The Kier molecular flexibility index (Phi) is 7.10. The molecule has 15 heavy (non-hydrogen) atoms. The van der Waals surface area contributed by atoms with Gasteiger partial charge in [0.15, 0.2) is 0 Å². The fraction of sp³-hybridized carbons (Fsp3) is 0.875. The number of aliphatic hydroxyl groups is 1. The van der Waals surface area contributed by atoms with Gasteiger partial charge < -0.3 is 14.6 Å². The number of rotatable bonds is 8. The summed E-state index contributed by atoms with van der Waals surface area (Å²) in [7, 11) is 0. The van der Waals surface area contributed by atoms with Crippen molar-refractivity contribution in [3.8, 4) is 0 Å². The Morgan fingerprint density at radius 2 is 2.20 bits per heavy atom. The molecule has 90 valence electrons. The molecule has 0 radical (unpaired) electrons. The molecular formula is C8H15F2NO4. The molecule has 0 aromatic rings. The lowest BCUT2D eigenvalue weighted by atomic mass is 10.5. The van der Waals surface area contributed by atoms with Gasteiger partial charge in [0.05, 0.1) is 6.73 Å². The molecule has 0 aromatic carbocycles. The van der Waals surface area contributed by atoms with Crippen molar-refractivity contribution in [3.63, 3.8) is 0 Å². The number of esters is 1. The summed E-state index contributed by atoms with van der Waals surface area (Å²) in [4.78, 5) is 10.6. The van der Waals surface area contributed by atoms with Gasteiger partial charge in [-0.15, -0.1) is 0 Å². The molecule has 0 unspecified atom stereocenters. The van der Waals surface area contributed by atoms with Gasteiger partial charge in [-0.3, -0.25) is 10.1 Å². The molecule has 0 fully saturated rings. The second-order valence-electron chi connectivity index (χ2n) is 2.73. The van der Waals surface area contributed by atoms with Gasteiger partial charge in [-0.1, -0.05) is 6.92 Å². The molecular weight excluding hydrogens is 212 g/mol. The van der Waals surface area contributed by atoms with Crippen molar-refractivity contribution in [1.82, 2.24) is 5.32 Å². The summed E-state index contributed by atoms with van der Waals surface area (Å²) in [6, 6.07) is 0. The Balaban J connectivity index is 3.16. The summed E-state index contributed by atoms with van der Waals surface area (Å²) >= 11 is 0. The lowest BCUT2D eigenvalue weighted by molar-refractivity contribution is -0.232. The average molecular weight is 227 g/mol. The molecule has 0 aliphatic heterocycles. The monoisotopic (exact) mass is 227 g/mol. The van der Waals surface area contributed by atoms with Crippen LogP contribution in [-0.2, 0) is 14.3 Å². The van der Waals surface area contributed by atoms with Crippen LogP contribution in [0, 0.1) is 0 Å². The van der Waals surface area contributed by atoms with Gasteiger partial charge in [-0.25, -0.2) is 0 Å². The standard InChI is InChI=1S/C8H15F2NO4/c1-2-7(12)15-4-3-11-6-14-5-8(9,10)13/h11,13H,2-6H2,1H3. The predicted molar refractivity (Wildman–Crippen MR) is 47.2 cm³/mol. The summed E-state index contributed by atoms with van der Waals surface area (Å²) < 4.78 is 32.6. The molecule has 0 saturated heterocycles. The van der Waals surface area contributed by atoms with Crippen LogP contribution in [0.1, 0.15) is 13.3 Å². The van der Waals surface area contributed by atoms with Crippen LogP contribution in [0.5, 0.6) is 0 Å². The third-order valence-electron chi connectivity index (χ3n) is 1.31. The van der Waals surface area contributed by atoms with E-state index in [1.165, 1.54) is 0 Å². The first-order chi connectivity index (χ1) is 6.95. The van der Waals surface area contributed by atoms with Crippen molar-refractivity contribution in [2.75, 3.05) is 26.5 Å². The van der Waals surface area contributed by atoms with Crippen molar-refractivity contribution in [2.24, 2.45) is 0 Å². The smallest absolute Gasteiger partial charge is 0.376 e. The van der Waals surface area contributed by atoms with E-state index in [1.54, 1.807) is 6.92 Å². The van der Waals surface area contributed by atoms with Crippen molar-refractivity contribution in [3.05, 3.63) is 0 Å². The number of nitrogens with one attached hydrogen (secondary N) is 1. The Morgan fingerprint density at radius 1 is 1.53 bits per heavy atom. The van der Waals surface area contributed by atoms with Gasteiger partial charge in [-0.2, -0.15) is 8.78 Å². The molecule has 0 aromatic heterocycles. The lowest BCUT2D eigenvalue weighted by Gasteiger charge is -2.10. The predicted octanol–water partition coefficient (Wildman–Crippen LogP) is 0.0884. The summed E-state index contributed by atoms with van der Waals surface area (Å²) in [5.41, 5.74) is 0. The largest absolute Gasteiger partial charge is 0.464 e. The molecule has 0 saturated carbocycles. The molecule has 0 heterocycles.